The van der Waals surface area contributed by atoms with E-state index in [1.165, 1.54) is 23.9 Å². The first-order valence-corrected chi connectivity index (χ1v) is 7.94. The highest BCUT2D eigenvalue weighted by molar-refractivity contribution is 5.96. The summed E-state index contributed by atoms with van der Waals surface area (Å²) in [5, 5.41) is 6.98. The molecular weight excluding hydrogens is 334 g/mol. The topological polar surface area (TPSA) is 91.0 Å². The average molecular weight is 353 g/mol. The number of nitrogens with zero attached hydrogens (tertiary/aromatic N) is 4. The van der Waals surface area contributed by atoms with E-state index in [9.17, 15) is 9.59 Å². The van der Waals surface area contributed by atoms with Crippen LogP contribution in [-0.2, 0) is 20.6 Å². The number of aryl methyl sites for hydroxylation is 2. The van der Waals surface area contributed by atoms with Gasteiger partial charge in [-0.25, -0.2) is 0 Å². The van der Waals surface area contributed by atoms with Crippen molar-refractivity contribution < 1.29 is 9.53 Å². The lowest BCUT2D eigenvalue weighted by atomic mass is 10.1. The molecular formula is C18H19N5O3. The molecule has 0 radical (unpaired) electrons. The highest BCUT2D eigenvalue weighted by atomic mass is 16.5. The molecule has 8 nitrogen and oxygen atoms in total. The standard InChI is InChI=1S/C18H19N5O3/c1-22-11-14(16(26-3)7-17(22)24)18(25)20-9-12-6-13(10-19-8-12)15-4-5-21-23(15)2/h4-8,10-11H,9H2,1-3H3,(H,20,25). The fraction of sp³-hybridized carbons (Fsp3) is 0.222. The summed E-state index contributed by atoms with van der Waals surface area (Å²) in [6.45, 7) is 0.295. The molecule has 3 aromatic heterocycles. The third-order valence-corrected chi connectivity index (χ3v) is 4.02. The van der Waals surface area contributed by atoms with Crippen LogP contribution in [0.2, 0.25) is 0 Å². The van der Waals surface area contributed by atoms with Crippen molar-refractivity contribution in [2.75, 3.05) is 7.11 Å². The number of nitrogens with one attached hydrogen (secondary N) is 1. The van der Waals surface area contributed by atoms with Crippen LogP contribution in [0.3, 0.4) is 0 Å². The Balaban J connectivity index is 1.78. The Bertz CT molecular complexity index is 1010. The maximum absolute atomic E-state index is 12.5. The Labute approximate surface area is 150 Å². The largest absolute Gasteiger partial charge is 0.496 e. The lowest BCUT2D eigenvalue weighted by Gasteiger charge is -2.11. The van der Waals surface area contributed by atoms with Gasteiger partial charge in [-0.15, -0.1) is 0 Å². The van der Waals surface area contributed by atoms with Crippen molar-refractivity contribution in [3.63, 3.8) is 0 Å². The number of rotatable bonds is 5. The van der Waals surface area contributed by atoms with Crippen molar-refractivity contribution in [1.29, 1.82) is 0 Å². The van der Waals surface area contributed by atoms with E-state index in [0.29, 0.717) is 12.1 Å². The number of hydrogen-bond donors (Lipinski definition) is 1. The van der Waals surface area contributed by atoms with Crippen LogP contribution in [-0.4, -0.2) is 32.3 Å². The number of aromatic nitrogens is 4. The van der Waals surface area contributed by atoms with Crippen LogP contribution in [0.5, 0.6) is 5.75 Å². The van der Waals surface area contributed by atoms with E-state index < -0.39 is 0 Å². The second-order valence-corrected chi connectivity index (χ2v) is 5.81. The predicted molar refractivity (Wildman–Crippen MR) is 95.8 cm³/mol. The van der Waals surface area contributed by atoms with E-state index in [2.05, 4.69) is 15.4 Å². The summed E-state index contributed by atoms with van der Waals surface area (Å²) < 4.78 is 8.23. The summed E-state index contributed by atoms with van der Waals surface area (Å²) >= 11 is 0. The lowest BCUT2D eigenvalue weighted by molar-refractivity contribution is 0.0947. The van der Waals surface area contributed by atoms with E-state index in [1.807, 2.05) is 19.2 Å². The van der Waals surface area contributed by atoms with Gasteiger partial charge < -0.3 is 14.6 Å². The molecule has 0 unspecified atom stereocenters. The molecule has 0 aliphatic carbocycles. The van der Waals surface area contributed by atoms with E-state index in [-0.39, 0.29) is 17.2 Å². The summed E-state index contributed by atoms with van der Waals surface area (Å²) in [6.07, 6.45) is 6.62. The minimum Gasteiger partial charge on any atom is -0.496 e. The zero-order valence-electron chi connectivity index (χ0n) is 14.8. The molecule has 0 spiro atoms. The van der Waals surface area contributed by atoms with Crippen LogP contribution in [0.1, 0.15) is 15.9 Å². The van der Waals surface area contributed by atoms with Crippen molar-refractivity contribution in [3.05, 3.63) is 64.5 Å². The van der Waals surface area contributed by atoms with Gasteiger partial charge in [0, 0.05) is 57.1 Å². The highest BCUT2D eigenvalue weighted by Crippen LogP contribution is 2.18. The van der Waals surface area contributed by atoms with Crippen LogP contribution in [0.4, 0.5) is 0 Å². The van der Waals surface area contributed by atoms with Crippen LogP contribution in [0, 0.1) is 0 Å². The average Bonchev–Trinajstić information content (AvgIpc) is 3.07. The van der Waals surface area contributed by atoms with Gasteiger partial charge in [-0.05, 0) is 17.7 Å². The zero-order chi connectivity index (χ0) is 18.7. The number of ether oxygens (including phenoxy) is 1. The Morgan fingerprint density at radius 1 is 1.27 bits per heavy atom. The van der Waals surface area contributed by atoms with Gasteiger partial charge in [0.05, 0.1) is 18.4 Å². The molecule has 0 saturated heterocycles. The third-order valence-electron chi connectivity index (χ3n) is 4.02. The summed E-state index contributed by atoms with van der Waals surface area (Å²) in [4.78, 5) is 28.4. The minimum absolute atomic E-state index is 0.243. The lowest BCUT2D eigenvalue weighted by Crippen LogP contribution is -2.26. The van der Waals surface area contributed by atoms with E-state index in [1.54, 1.807) is 30.3 Å². The molecule has 26 heavy (non-hydrogen) atoms. The Hall–Kier alpha value is -3.42. The second kappa shape index (κ2) is 7.22. The highest BCUT2D eigenvalue weighted by Gasteiger charge is 2.14. The first-order valence-electron chi connectivity index (χ1n) is 7.94. The van der Waals surface area contributed by atoms with Gasteiger partial charge in [0.2, 0.25) is 0 Å². The zero-order valence-corrected chi connectivity index (χ0v) is 14.8. The van der Waals surface area contributed by atoms with Gasteiger partial charge in [-0.2, -0.15) is 5.10 Å². The Kier molecular flexibility index (Phi) is 4.83. The van der Waals surface area contributed by atoms with E-state index >= 15 is 0 Å². The molecule has 8 heteroatoms. The van der Waals surface area contributed by atoms with Gasteiger partial charge in [0.1, 0.15) is 5.75 Å². The number of pyridine rings is 2. The van der Waals surface area contributed by atoms with Gasteiger partial charge in [-0.3, -0.25) is 19.3 Å². The Morgan fingerprint density at radius 2 is 2.08 bits per heavy atom. The van der Waals surface area contributed by atoms with Crippen LogP contribution >= 0.6 is 0 Å². The molecule has 134 valence electrons. The predicted octanol–water partition coefficient (Wildman–Crippen LogP) is 1.12. The molecule has 1 amide bonds. The van der Waals surface area contributed by atoms with Gasteiger partial charge >= 0.3 is 0 Å². The number of carbonyl (C=O) groups is 1. The summed E-state index contributed by atoms with van der Waals surface area (Å²) in [7, 11) is 4.86. The molecule has 3 rings (SSSR count). The van der Waals surface area contributed by atoms with Crippen molar-refractivity contribution in [2.24, 2.45) is 14.1 Å². The van der Waals surface area contributed by atoms with Crippen molar-refractivity contribution in [1.82, 2.24) is 24.6 Å². The first kappa shape index (κ1) is 17.4. The molecule has 0 bridgehead atoms. The number of amides is 1. The van der Waals surface area contributed by atoms with Crippen molar-refractivity contribution >= 4 is 5.91 Å². The maximum atomic E-state index is 12.5. The maximum Gasteiger partial charge on any atom is 0.256 e. The molecule has 3 heterocycles. The monoisotopic (exact) mass is 353 g/mol. The normalized spacial score (nSPS) is 10.6. The van der Waals surface area contributed by atoms with Crippen LogP contribution < -0.4 is 15.6 Å². The fourth-order valence-corrected chi connectivity index (χ4v) is 2.61. The third kappa shape index (κ3) is 3.49. The van der Waals surface area contributed by atoms with Crippen LogP contribution in [0.25, 0.3) is 11.3 Å². The smallest absolute Gasteiger partial charge is 0.256 e. The fourth-order valence-electron chi connectivity index (χ4n) is 2.61. The summed E-state index contributed by atoms with van der Waals surface area (Å²) in [5.41, 5.74) is 2.75. The molecule has 0 aliphatic heterocycles. The van der Waals surface area contributed by atoms with Gasteiger partial charge in [-0.1, -0.05) is 0 Å². The first-order chi connectivity index (χ1) is 12.5. The summed E-state index contributed by atoms with van der Waals surface area (Å²) in [5.74, 6) is -0.0873. The minimum atomic E-state index is -0.330. The number of carbonyl (C=O) groups excluding carboxylic acids is 1. The molecule has 0 fully saturated rings. The van der Waals surface area contributed by atoms with Crippen molar-refractivity contribution in [2.45, 2.75) is 6.54 Å². The van der Waals surface area contributed by atoms with E-state index in [0.717, 1.165) is 16.8 Å². The van der Waals surface area contributed by atoms with Crippen LogP contribution in [0.15, 0.2) is 47.8 Å². The molecule has 1 N–H and O–H groups in total. The SMILES string of the molecule is COc1cc(=O)n(C)cc1C(=O)NCc1cncc(-c2ccnn2C)c1. The Morgan fingerprint density at radius 3 is 2.77 bits per heavy atom. The molecule has 3 aromatic rings. The number of hydrogen-bond acceptors (Lipinski definition) is 5. The second-order valence-electron chi connectivity index (χ2n) is 5.81. The van der Waals surface area contributed by atoms with Gasteiger partial charge in [0.25, 0.3) is 11.5 Å². The summed E-state index contributed by atoms with van der Waals surface area (Å²) in [6, 6.07) is 5.14. The molecule has 0 aromatic carbocycles. The molecule has 0 aliphatic rings. The van der Waals surface area contributed by atoms with Crippen molar-refractivity contribution in [3.8, 4) is 17.0 Å². The van der Waals surface area contributed by atoms with E-state index in [4.69, 9.17) is 4.74 Å². The molecule has 0 atom stereocenters. The van der Waals surface area contributed by atoms with Gasteiger partial charge in [0.15, 0.2) is 0 Å². The number of methoxy groups -OCH3 is 1. The molecule has 0 saturated carbocycles. The quantitative estimate of drug-likeness (QED) is 0.742.